The van der Waals surface area contributed by atoms with E-state index in [4.69, 9.17) is 0 Å². The monoisotopic (exact) mass is 284 g/mol. The van der Waals surface area contributed by atoms with E-state index in [0.29, 0.717) is 12.8 Å². The van der Waals surface area contributed by atoms with E-state index in [1.165, 1.54) is 13.2 Å². The Morgan fingerprint density at radius 3 is 2.58 bits per heavy atom. The van der Waals surface area contributed by atoms with Crippen molar-refractivity contribution < 1.29 is 17.9 Å². The minimum Gasteiger partial charge on any atom is -0.468 e. The molecule has 4 nitrogen and oxygen atoms in total. The van der Waals surface area contributed by atoms with E-state index in [-0.39, 0.29) is 4.90 Å². The molecule has 1 aromatic rings. The quantitative estimate of drug-likeness (QED) is 0.753. The molecule has 0 radical (unpaired) electrons. The maximum Gasteiger partial charge on any atom is 0.324 e. The number of unbranched alkanes of at least 4 members (excludes halogenated alkanes) is 1. The molecule has 0 fully saturated rings. The number of hydrogen-bond acceptors (Lipinski definition) is 4. The first-order chi connectivity index (χ1) is 8.93. The number of hydrogen-bond donors (Lipinski definition) is 0. The van der Waals surface area contributed by atoms with E-state index in [1.807, 2.05) is 19.9 Å². The van der Waals surface area contributed by atoms with Crippen molar-refractivity contribution in [3.63, 3.8) is 0 Å². The molecule has 1 atom stereocenters. The van der Waals surface area contributed by atoms with Crippen LogP contribution in [0.4, 0.5) is 0 Å². The zero-order chi connectivity index (χ0) is 14.5. The molecule has 0 aliphatic heterocycles. The summed E-state index contributed by atoms with van der Waals surface area (Å²) in [5.41, 5.74) is 0.847. The lowest BCUT2D eigenvalue weighted by molar-refractivity contribution is -0.140. The second-order valence-electron chi connectivity index (χ2n) is 4.52. The Hall–Kier alpha value is -1.36. The topological polar surface area (TPSA) is 60.4 Å². The van der Waals surface area contributed by atoms with E-state index in [1.54, 1.807) is 12.1 Å². The van der Waals surface area contributed by atoms with Crippen LogP contribution in [0.15, 0.2) is 29.2 Å². The maximum atomic E-state index is 12.5. The highest BCUT2D eigenvalue weighted by atomic mass is 32.2. The molecule has 0 saturated carbocycles. The normalized spacial score (nSPS) is 13.0. The van der Waals surface area contributed by atoms with Gasteiger partial charge in [-0.2, -0.15) is 0 Å². The molecule has 1 aromatic carbocycles. The van der Waals surface area contributed by atoms with Gasteiger partial charge in [0.2, 0.25) is 0 Å². The molecule has 0 saturated heterocycles. The standard InChI is InChI=1S/C14H20O4S/c1-4-5-9-13(14(15)18-3)19(16,17)12-8-6-7-11(2)10-12/h6-8,10,13H,4-5,9H2,1-3H3. The zero-order valence-corrected chi connectivity index (χ0v) is 12.4. The molecule has 1 unspecified atom stereocenters. The minimum absolute atomic E-state index is 0.180. The summed E-state index contributed by atoms with van der Waals surface area (Å²) in [5.74, 6) is -0.685. The van der Waals surface area contributed by atoms with Gasteiger partial charge in [0.25, 0.3) is 0 Å². The largest absolute Gasteiger partial charge is 0.468 e. The van der Waals surface area contributed by atoms with E-state index >= 15 is 0 Å². The lowest BCUT2D eigenvalue weighted by atomic mass is 10.2. The summed E-state index contributed by atoms with van der Waals surface area (Å²) < 4.78 is 29.6. The highest BCUT2D eigenvalue weighted by Gasteiger charge is 2.34. The van der Waals surface area contributed by atoms with Crippen LogP contribution in [0.2, 0.25) is 0 Å². The third-order valence-electron chi connectivity index (χ3n) is 2.98. The number of sulfone groups is 1. The molecule has 0 amide bonds. The zero-order valence-electron chi connectivity index (χ0n) is 11.5. The van der Waals surface area contributed by atoms with Crippen LogP contribution >= 0.6 is 0 Å². The van der Waals surface area contributed by atoms with Crippen LogP contribution in [-0.2, 0) is 19.4 Å². The lowest BCUT2D eigenvalue weighted by Gasteiger charge is -2.15. The number of methoxy groups -OCH3 is 1. The summed E-state index contributed by atoms with van der Waals surface area (Å²) in [5, 5.41) is -1.11. The van der Waals surface area contributed by atoms with Crippen molar-refractivity contribution in [2.24, 2.45) is 0 Å². The lowest BCUT2D eigenvalue weighted by Crippen LogP contribution is -2.31. The second-order valence-corrected chi connectivity index (χ2v) is 6.65. The van der Waals surface area contributed by atoms with Gasteiger partial charge in [0.1, 0.15) is 0 Å². The Balaban J connectivity index is 3.15. The second kappa shape index (κ2) is 6.70. The van der Waals surface area contributed by atoms with Gasteiger partial charge in [-0.05, 0) is 31.0 Å². The molecular formula is C14H20O4S. The van der Waals surface area contributed by atoms with Gasteiger partial charge in [-0.1, -0.05) is 31.9 Å². The van der Waals surface area contributed by atoms with E-state index in [2.05, 4.69) is 4.74 Å². The SMILES string of the molecule is CCCCC(C(=O)OC)S(=O)(=O)c1cccc(C)c1. The fourth-order valence-electron chi connectivity index (χ4n) is 1.88. The van der Waals surface area contributed by atoms with Crippen molar-refractivity contribution in [2.75, 3.05) is 7.11 Å². The van der Waals surface area contributed by atoms with Crippen LogP contribution in [0.5, 0.6) is 0 Å². The maximum absolute atomic E-state index is 12.5. The van der Waals surface area contributed by atoms with Crippen LogP contribution in [0.3, 0.4) is 0 Å². The molecule has 1 rings (SSSR count). The number of carbonyl (C=O) groups is 1. The van der Waals surface area contributed by atoms with Crippen LogP contribution in [-0.4, -0.2) is 26.7 Å². The van der Waals surface area contributed by atoms with Gasteiger partial charge in [-0.3, -0.25) is 4.79 Å². The van der Waals surface area contributed by atoms with Crippen LogP contribution in [0.1, 0.15) is 31.7 Å². The van der Waals surface area contributed by atoms with Gasteiger partial charge >= 0.3 is 5.97 Å². The molecule has 0 aliphatic carbocycles. The van der Waals surface area contributed by atoms with Gasteiger partial charge < -0.3 is 4.74 Å². The van der Waals surface area contributed by atoms with Gasteiger partial charge in [0, 0.05) is 0 Å². The molecule has 0 heterocycles. The summed E-state index contributed by atoms with van der Waals surface area (Å²) in [4.78, 5) is 11.9. The van der Waals surface area contributed by atoms with Crippen molar-refractivity contribution in [2.45, 2.75) is 43.3 Å². The molecule has 0 aromatic heterocycles. The predicted molar refractivity (Wildman–Crippen MR) is 73.7 cm³/mol. The molecule has 19 heavy (non-hydrogen) atoms. The van der Waals surface area contributed by atoms with Crippen molar-refractivity contribution in [3.05, 3.63) is 29.8 Å². The van der Waals surface area contributed by atoms with Crippen molar-refractivity contribution in [1.29, 1.82) is 0 Å². The Bertz CT molecular complexity index is 534. The molecule has 0 aliphatic rings. The Morgan fingerprint density at radius 1 is 1.37 bits per heavy atom. The number of esters is 1. The van der Waals surface area contributed by atoms with Gasteiger partial charge in [-0.25, -0.2) is 8.42 Å². The molecule has 0 spiro atoms. The third kappa shape index (κ3) is 3.80. The Labute approximate surface area is 114 Å². The van der Waals surface area contributed by atoms with E-state index in [0.717, 1.165) is 12.0 Å². The first-order valence-corrected chi connectivity index (χ1v) is 7.86. The van der Waals surface area contributed by atoms with Gasteiger partial charge in [0.05, 0.1) is 12.0 Å². The molecule has 0 N–H and O–H groups in total. The Kier molecular flexibility index (Phi) is 5.54. The predicted octanol–water partition coefficient (Wildman–Crippen LogP) is 2.50. The summed E-state index contributed by atoms with van der Waals surface area (Å²) in [6, 6.07) is 6.59. The van der Waals surface area contributed by atoms with Gasteiger partial charge in [0.15, 0.2) is 15.1 Å². The molecular weight excluding hydrogens is 264 g/mol. The number of rotatable bonds is 6. The van der Waals surface area contributed by atoms with Gasteiger partial charge in [-0.15, -0.1) is 0 Å². The highest BCUT2D eigenvalue weighted by molar-refractivity contribution is 7.92. The summed E-state index contributed by atoms with van der Waals surface area (Å²) >= 11 is 0. The summed E-state index contributed by atoms with van der Waals surface area (Å²) in [7, 11) is -2.47. The van der Waals surface area contributed by atoms with Crippen LogP contribution in [0, 0.1) is 6.92 Å². The number of aryl methyl sites for hydroxylation is 1. The van der Waals surface area contributed by atoms with Crippen LogP contribution < -0.4 is 0 Å². The highest BCUT2D eigenvalue weighted by Crippen LogP contribution is 2.22. The summed E-state index contributed by atoms with van der Waals surface area (Å²) in [6.07, 6.45) is 1.79. The molecule has 5 heteroatoms. The minimum atomic E-state index is -3.68. The van der Waals surface area contributed by atoms with Crippen LogP contribution in [0.25, 0.3) is 0 Å². The third-order valence-corrected chi connectivity index (χ3v) is 5.06. The molecule has 106 valence electrons. The smallest absolute Gasteiger partial charge is 0.324 e. The first-order valence-electron chi connectivity index (χ1n) is 6.32. The number of benzene rings is 1. The fourth-order valence-corrected chi connectivity index (χ4v) is 3.65. The number of ether oxygens (including phenoxy) is 1. The number of carbonyl (C=O) groups excluding carboxylic acids is 1. The molecule has 0 bridgehead atoms. The van der Waals surface area contributed by atoms with Crippen molar-refractivity contribution in [1.82, 2.24) is 0 Å². The average Bonchev–Trinajstić information content (AvgIpc) is 2.38. The van der Waals surface area contributed by atoms with Crippen molar-refractivity contribution >= 4 is 15.8 Å². The van der Waals surface area contributed by atoms with E-state index < -0.39 is 21.1 Å². The first kappa shape index (κ1) is 15.7. The Morgan fingerprint density at radius 2 is 2.05 bits per heavy atom. The van der Waals surface area contributed by atoms with E-state index in [9.17, 15) is 13.2 Å². The summed E-state index contributed by atoms with van der Waals surface area (Å²) in [6.45, 7) is 3.77. The van der Waals surface area contributed by atoms with Crippen molar-refractivity contribution in [3.8, 4) is 0 Å². The average molecular weight is 284 g/mol. The fraction of sp³-hybridized carbons (Fsp3) is 0.500.